The van der Waals surface area contributed by atoms with Crippen LogP contribution >= 0.6 is 0 Å². The number of fused-ring (bicyclic) bond motifs is 5. The van der Waals surface area contributed by atoms with Crippen LogP contribution < -0.4 is 10.6 Å². The maximum Gasteiger partial charge on any atom is 0.390 e. The number of hydrogen-bond donors (Lipinski definition) is 2. The van der Waals surface area contributed by atoms with E-state index in [0.717, 1.165) is 19.3 Å². The Bertz CT molecular complexity index is 794. The Labute approximate surface area is 182 Å². The van der Waals surface area contributed by atoms with Crippen LogP contribution in [0, 0.1) is 34.0 Å². The van der Waals surface area contributed by atoms with Gasteiger partial charge in [0.2, 0.25) is 11.8 Å². The molecule has 4 aliphatic rings. The molecular weight excluding hydrogens is 405 g/mol. The lowest BCUT2D eigenvalue weighted by Crippen LogP contribution is -2.61. The first-order valence-electron chi connectivity index (χ1n) is 11.7. The van der Waals surface area contributed by atoms with Gasteiger partial charge < -0.3 is 10.6 Å². The molecule has 3 aliphatic carbocycles. The summed E-state index contributed by atoms with van der Waals surface area (Å²) in [6.45, 7) is 7.75. The van der Waals surface area contributed by atoms with Crippen molar-refractivity contribution in [3.8, 4) is 0 Å². The van der Waals surface area contributed by atoms with Gasteiger partial charge in [-0.1, -0.05) is 19.9 Å². The van der Waals surface area contributed by atoms with E-state index in [4.69, 9.17) is 0 Å². The van der Waals surface area contributed by atoms with Gasteiger partial charge in [-0.05, 0) is 81.6 Å². The summed E-state index contributed by atoms with van der Waals surface area (Å²) in [4.78, 5) is 25.2. The van der Waals surface area contributed by atoms with E-state index in [9.17, 15) is 22.8 Å². The lowest BCUT2D eigenvalue weighted by atomic mass is 9.45. The Morgan fingerprint density at radius 2 is 1.84 bits per heavy atom. The topological polar surface area (TPSA) is 58.2 Å². The van der Waals surface area contributed by atoms with Crippen LogP contribution in [0.25, 0.3) is 0 Å². The molecule has 4 rings (SSSR count). The molecule has 2 unspecified atom stereocenters. The van der Waals surface area contributed by atoms with Crippen molar-refractivity contribution >= 4 is 11.8 Å². The van der Waals surface area contributed by atoms with Crippen molar-refractivity contribution < 1.29 is 22.8 Å². The number of carbonyl (C=O) groups is 2. The Balaban J connectivity index is 1.70. The molecule has 0 bridgehead atoms. The Morgan fingerprint density at radius 1 is 1.16 bits per heavy atom. The third kappa shape index (κ3) is 3.41. The van der Waals surface area contributed by atoms with Crippen LogP contribution in [-0.4, -0.2) is 30.1 Å². The molecule has 7 atom stereocenters. The van der Waals surface area contributed by atoms with E-state index in [1.807, 2.05) is 13.0 Å². The van der Waals surface area contributed by atoms with E-state index in [1.54, 1.807) is 19.9 Å². The molecule has 1 heterocycles. The first-order valence-corrected chi connectivity index (χ1v) is 11.7. The molecule has 0 aromatic rings. The minimum atomic E-state index is -4.39. The van der Waals surface area contributed by atoms with Crippen molar-refractivity contribution in [3.63, 3.8) is 0 Å². The molecule has 3 saturated carbocycles. The quantitative estimate of drug-likeness (QED) is 0.666. The normalized spacial score (nSPS) is 44.3. The Morgan fingerprint density at radius 3 is 2.48 bits per heavy atom. The first kappa shape index (κ1) is 22.7. The molecule has 3 fully saturated rings. The largest absolute Gasteiger partial charge is 0.390 e. The highest BCUT2D eigenvalue weighted by Crippen LogP contribution is 2.70. The number of nitrogens with one attached hydrogen (secondary N) is 2. The molecule has 7 heteroatoms. The average Bonchev–Trinajstić information content (AvgIpc) is 2.94. The zero-order valence-electron chi connectivity index (χ0n) is 18.9. The molecule has 4 nitrogen and oxygen atoms in total. The summed E-state index contributed by atoms with van der Waals surface area (Å²) in [7, 11) is 0. The highest BCUT2D eigenvalue weighted by atomic mass is 19.4. The van der Waals surface area contributed by atoms with Gasteiger partial charge in [-0.3, -0.25) is 9.59 Å². The molecule has 0 aromatic carbocycles. The van der Waals surface area contributed by atoms with Crippen molar-refractivity contribution in [1.82, 2.24) is 10.6 Å². The van der Waals surface area contributed by atoms with Crippen molar-refractivity contribution in [2.75, 3.05) is 0 Å². The maximum absolute atomic E-state index is 13.8. The highest BCUT2D eigenvalue weighted by Gasteiger charge is 2.68. The van der Waals surface area contributed by atoms with E-state index in [0.29, 0.717) is 25.2 Å². The van der Waals surface area contributed by atoms with Gasteiger partial charge in [0, 0.05) is 17.5 Å². The smallest absolute Gasteiger partial charge is 0.353 e. The van der Waals surface area contributed by atoms with E-state index >= 15 is 0 Å². The fourth-order valence-electron chi connectivity index (χ4n) is 7.95. The Kier molecular flexibility index (Phi) is 5.29. The second-order valence-electron chi connectivity index (χ2n) is 11.2. The maximum atomic E-state index is 13.8. The van der Waals surface area contributed by atoms with Crippen LogP contribution in [0.3, 0.4) is 0 Å². The number of hydrogen-bond acceptors (Lipinski definition) is 2. The lowest BCUT2D eigenvalue weighted by Gasteiger charge is -2.60. The van der Waals surface area contributed by atoms with Crippen LogP contribution in [-0.2, 0) is 9.59 Å². The van der Waals surface area contributed by atoms with Gasteiger partial charge in [-0.2, -0.15) is 13.2 Å². The van der Waals surface area contributed by atoms with Crippen LogP contribution in [0.2, 0.25) is 0 Å². The molecule has 1 aliphatic heterocycles. The molecule has 0 radical (unpaired) electrons. The van der Waals surface area contributed by atoms with Crippen molar-refractivity contribution in [1.29, 1.82) is 0 Å². The summed E-state index contributed by atoms with van der Waals surface area (Å²) >= 11 is 0. The van der Waals surface area contributed by atoms with Crippen LogP contribution in [0.15, 0.2) is 12.2 Å². The predicted octanol–water partition coefficient (Wildman–Crippen LogP) is 4.75. The summed E-state index contributed by atoms with van der Waals surface area (Å²) in [5.74, 6) is 0.206. The summed E-state index contributed by atoms with van der Waals surface area (Å²) < 4.78 is 41.4. The van der Waals surface area contributed by atoms with E-state index in [-0.39, 0.29) is 35.2 Å². The number of alkyl halides is 3. The summed E-state index contributed by atoms with van der Waals surface area (Å²) in [6.07, 6.45) is 2.33. The molecule has 31 heavy (non-hydrogen) atoms. The van der Waals surface area contributed by atoms with Crippen LogP contribution in [0.4, 0.5) is 13.2 Å². The van der Waals surface area contributed by atoms with Crippen molar-refractivity contribution in [2.24, 2.45) is 34.0 Å². The average molecular weight is 441 g/mol. The van der Waals surface area contributed by atoms with Gasteiger partial charge in [0.05, 0.1) is 11.8 Å². The first-order chi connectivity index (χ1) is 14.3. The van der Waals surface area contributed by atoms with Gasteiger partial charge in [0.25, 0.3) is 0 Å². The van der Waals surface area contributed by atoms with Crippen LogP contribution in [0.5, 0.6) is 0 Å². The fraction of sp³-hybridized carbons (Fsp3) is 0.833. The highest BCUT2D eigenvalue weighted by molar-refractivity contribution is 5.89. The number of rotatable bonds is 3. The van der Waals surface area contributed by atoms with Gasteiger partial charge in [0.15, 0.2) is 0 Å². The molecule has 0 aromatic heterocycles. The zero-order chi connectivity index (χ0) is 22.8. The standard InChI is InChI=1S/C24H35F3N2O2/c1-14(2)28-20(31)23(13-24(25,26)27)12-8-17-15-5-6-18-21(3,10-9-19(30)29-18)16(15)7-11-22(17,23)4/h9-10,14-18H,5-8,11-13H2,1-4H3,(H,28,31)(H,29,30)/t15-,16-,17+,18?,21-,22+,23?/m1/s1. The second-order valence-corrected chi connectivity index (χ2v) is 11.2. The minimum Gasteiger partial charge on any atom is -0.353 e. The fourth-order valence-corrected chi connectivity index (χ4v) is 7.95. The van der Waals surface area contributed by atoms with E-state index in [1.165, 1.54) is 0 Å². The monoisotopic (exact) mass is 440 g/mol. The van der Waals surface area contributed by atoms with Gasteiger partial charge >= 0.3 is 6.18 Å². The van der Waals surface area contributed by atoms with Gasteiger partial charge in [-0.25, -0.2) is 0 Å². The molecular formula is C24H35F3N2O2. The third-order valence-electron chi connectivity index (χ3n) is 9.41. The molecule has 0 saturated heterocycles. The van der Waals surface area contributed by atoms with Crippen molar-refractivity contribution in [2.45, 2.75) is 90.9 Å². The number of carbonyl (C=O) groups excluding carboxylic acids is 2. The van der Waals surface area contributed by atoms with Gasteiger partial charge in [-0.15, -0.1) is 0 Å². The number of amides is 2. The molecule has 174 valence electrons. The summed E-state index contributed by atoms with van der Waals surface area (Å²) in [5.41, 5.74) is -2.25. The van der Waals surface area contributed by atoms with Crippen molar-refractivity contribution in [3.05, 3.63) is 12.2 Å². The molecule has 0 spiro atoms. The van der Waals surface area contributed by atoms with E-state index in [2.05, 4.69) is 17.6 Å². The lowest BCUT2D eigenvalue weighted by molar-refractivity contribution is -0.192. The molecule has 2 N–H and O–H groups in total. The SMILES string of the molecule is CC(C)NC(=O)C1(CC(F)(F)F)CC[C@H]2[C@@H]3CCC4NC(=O)C=C[C@]4(C)[C@@H]3CC[C@@]21C. The van der Waals surface area contributed by atoms with Gasteiger partial charge in [0.1, 0.15) is 0 Å². The summed E-state index contributed by atoms with van der Waals surface area (Å²) in [5, 5.41) is 5.95. The Hall–Kier alpha value is -1.53. The second kappa shape index (κ2) is 7.24. The summed E-state index contributed by atoms with van der Waals surface area (Å²) in [6, 6.07) is -0.108. The third-order valence-corrected chi connectivity index (χ3v) is 9.41. The minimum absolute atomic E-state index is 0.0583. The zero-order valence-corrected chi connectivity index (χ0v) is 18.9. The molecule has 2 amide bonds. The van der Waals surface area contributed by atoms with E-state index < -0.39 is 29.3 Å². The van der Waals surface area contributed by atoms with Crippen LogP contribution in [0.1, 0.15) is 72.6 Å². The predicted molar refractivity (Wildman–Crippen MR) is 112 cm³/mol. The number of halogens is 3.